The quantitative estimate of drug-likeness (QED) is 0.401. The van der Waals surface area contributed by atoms with Gasteiger partial charge in [0.05, 0.1) is 16.8 Å². The van der Waals surface area contributed by atoms with Gasteiger partial charge in [-0.3, -0.25) is 14.2 Å². The van der Waals surface area contributed by atoms with Gasteiger partial charge in [0.2, 0.25) is 5.91 Å². The minimum Gasteiger partial charge on any atom is -0.353 e. The van der Waals surface area contributed by atoms with Crippen LogP contribution in [0.15, 0.2) is 34.2 Å². The van der Waals surface area contributed by atoms with E-state index in [9.17, 15) is 9.59 Å². The van der Waals surface area contributed by atoms with Gasteiger partial charge < -0.3 is 5.32 Å². The molecule has 0 aliphatic heterocycles. The van der Waals surface area contributed by atoms with Gasteiger partial charge in [0.15, 0.2) is 5.16 Å². The van der Waals surface area contributed by atoms with E-state index in [1.165, 1.54) is 28.6 Å². The summed E-state index contributed by atoms with van der Waals surface area (Å²) >= 11 is 2.98. The summed E-state index contributed by atoms with van der Waals surface area (Å²) < 4.78 is 1.69. The van der Waals surface area contributed by atoms with Crippen molar-refractivity contribution in [3.05, 3.63) is 50.6 Å². The van der Waals surface area contributed by atoms with Crippen LogP contribution in [0.4, 0.5) is 0 Å². The van der Waals surface area contributed by atoms with Crippen molar-refractivity contribution in [2.24, 2.45) is 0 Å². The molecule has 0 saturated carbocycles. The Morgan fingerprint density at radius 3 is 2.74 bits per heavy atom. The molecule has 1 amide bonds. The van der Waals surface area contributed by atoms with Crippen molar-refractivity contribution in [3.63, 3.8) is 0 Å². The Kier molecular flexibility index (Phi) is 6.82. The highest BCUT2D eigenvalue weighted by molar-refractivity contribution is 7.99. The monoisotopic (exact) mass is 455 g/mol. The molecular formula is C24H29N3O2S2. The molecule has 1 aromatic carbocycles. The zero-order valence-corrected chi connectivity index (χ0v) is 20.0. The highest BCUT2D eigenvalue weighted by Gasteiger charge is 2.23. The number of carbonyl (C=O) groups excluding carboxylic acids is 1. The van der Waals surface area contributed by atoms with Crippen LogP contribution in [-0.4, -0.2) is 27.3 Å². The first-order valence-electron chi connectivity index (χ1n) is 11.0. The first kappa shape index (κ1) is 22.1. The molecule has 5 nitrogen and oxygen atoms in total. The Hall–Kier alpha value is -2.12. The first-order valence-corrected chi connectivity index (χ1v) is 12.8. The molecule has 4 rings (SSSR count). The van der Waals surface area contributed by atoms with E-state index >= 15 is 0 Å². The Morgan fingerprint density at radius 2 is 2.00 bits per heavy atom. The summed E-state index contributed by atoms with van der Waals surface area (Å²) in [4.78, 5) is 33.1. The van der Waals surface area contributed by atoms with Crippen LogP contribution < -0.4 is 10.9 Å². The average Bonchev–Trinajstić information content (AvgIpc) is 3.12. The fourth-order valence-electron chi connectivity index (χ4n) is 4.16. The maximum Gasteiger partial charge on any atom is 0.267 e. The van der Waals surface area contributed by atoms with Crippen LogP contribution in [-0.2, 0) is 17.6 Å². The molecule has 0 radical (unpaired) electrons. The summed E-state index contributed by atoms with van der Waals surface area (Å²) in [5.74, 6) is 0.212. The second-order valence-corrected chi connectivity index (χ2v) is 10.3. The van der Waals surface area contributed by atoms with Crippen LogP contribution in [0.25, 0.3) is 15.9 Å². The van der Waals surface area contributed by atoms with Crippen molar-refractivity contribution < 1.29 is 4.79 Å². The van der Waals surface area contributed by atoms with E-state index in [-0.39, 0.29) is 23.3 Å². The van der Waals surface area contributed by atoms with Gasteiger partial charge >= 0.3 is 0 Å². The number of aromatic nitrogens is 2. The van der Waals surface area contributed by atoms with E-state index < -0.39 is 0 Å². The maximum atomic E-state index is 13.7. The number of hydrogen-bond acceptors (Lipinski definition) is 5. The third-order valence-corrected chi connectivity index (χ3v) is 7.84. The Morgan fingerprint density at radius 1 is 1.26 bits per heavy atom. The van der Waals surface area contributed by atoms with Gasteiger partial charge in [-0.05, 0) is 63.6 Å². The van der Waals surface area contributed by atoms with E-state index in [4.69, 9.17) is 4.98 Å². The minimum absolute atomic E-state index is 0.0180. The molecule has 1 aliphatic rings. The number of amides is 1. The van der Waals surface area contributed by atoms with Gasteiger partial charge in [-0.15, -0.1) is 11.3 Å². The van der Waals surface area contributed by atoms with E-state index in [0.717, 1.165) is 53.6 Å². The molecule has 31 heavy (non-hydrogen) atoms. The first-order chi connectivity index (χ1) is 15.0. The zero-order chi connectivity index (χ0) is 22.0. The second kappa shape index (κ2) is 9.57. The zero-order valence-electron chi connectivity index (χ0n) is 18.4. The van der Waals surface area contributed by atoms with Crippen LogP contribution in [0.1, 0.15) is 55.5 Å². The average molecular weight is 456 g/mol. The standard InChI is InChI=1S/C24H29N3O2S2/c1-4-7-16(3)25-20(28)14-30-24-26-22-21(18-8-5-6-9-19(18)31-22)23(29)27(24)17-12-10-15(2)11-13-17/h10-13,16H,4-9,14H2,1-3H3,(H,25,28). The number of thioether (sulfide) groups is 1. The Labute approximate surface area is 191 Å². The van der Waals surface area contributed by atoms with Crippen molar-refractivity contribution in [3.8, 4) is 5.69 Å². The lowest BCUT2D eigenvalue weighted by Gasteiger charge is -2.15. The third kappa shape index (κ3) is 4.72. The molecule has 1 unspecified atom stereocenters. The number of nitrogens with one attached hydrogen (secondary N) is 1. The van der Waals surface area contributed by atoms with Gasteiger partial charge in [-0.1, -0.05) is 42.8 Å². The Bertz CT molecular complexity index is 1150. The summed E-state index contributed by atoms with van der Waals surface area (Å²) in [6.07, 6.45) is 6.25. The highest BCUT2D eigenvalue weighted by atomic mass is 32.2. The predicted octanol–water partition coefficient (Wildman–Crippen LogP) is 5.03. The molecular weight excluding hydrogens is 426 g/mol. The van der Waals surface area contributed by atoms with E-state index in [0.29, 0.717) is 5.16 Å². The van der Waals surface area contributed by atoms with Crippen LogP contribution in [0, 0.1) is 6.92 Å². The predicted molar refractivity (Wildman–Crippen MR) is 130 cm³/mol. The summed E-state index contributed by atoms with van der Waals surface area (Å²) in [7, 11) is 0. The summed E-state index contributed by atoms with van der Waals surface area (Å²) in [6, 6.07) is 8.06. The van der Waals surface area contributed by atoms with E-state index in [1.807, 2.05) is 38.1 Å². The van der Waals surface area contributed by atoms with Crippen LogP contribution >= 0.6 is 23.1 Å². The fourth-order valence-corrected chi connectivity index (χ4v) is 6.28. The minimum atomic E-state index is -0.0266. The molecule has 164 valence electrons. The smallest absolute Gasteiger partial charge is 0.267 e. The molecule has 0 bridgehead atoms. The van der Waals surface area contributed by atoms with Gasteiger partial charge in [0.1, 0.15) is 4.83 Å². The van der Waals surface area contributed by atoms with E-state index in [1.54, 1.807) is 15.9 Å². The fraction of sp³-hybridized carbons (Fsp3) is 0.458. The third-order valence-electron chi connectivity index (χ3n) is 5.71. The number of thiophene rings is 1. The van der Waals surface area contributed by atoms with Crippen molar-refractivity contribution in [1.82, 2.24) is 14.9 Å². The summed E-state index contributed by atoms with van der Waals surface area (Å²) in [6.45, 7) is 6.16. The topological polar surface area (TPSA) is 64.0 Å². The lowest BCUT2D eigenvalue weighted by Crippen LogP contribution is -2.34. The number of nitrogens with zero attached hydrogens (tertiary/aromatic N) is 2. The molecule has 0 fully saturated rings. The lowest BCUT2D eigenvalue weighted by atomic mass is 9.97. The van der Waals surface area contributed by atoms with Gasteiger partial charge in [-0.25, -0.2) is 4.98 Å². The molecule has 7 heteroatoms. The second-order valence-electron chi connectivity index (χ2n) is 8.31. The van der Waals surface area contributed by atoms with Gasteiger partial charge in [0.25, 0.3) is 5.56 Å². The van der Waals surface area contributed by atoms with Crippen molar-refractivity contribution in [2.45, 2.75) is 70.5 Å². The van der Waals surface area contributed by atoms with Crippen molar-refractivity contribution in [1.29, 1.82) is 0 Å². The molecule has 2 heterocycles. The summed E-state index contributed by atoms with van der Waals surface area (Å²) in [5.41, 5.74) is 3.10. The molecule has 0 spiro atoms. The van der Waals surface area contributed by atoms with E-state index in [2.05, 4.69) is 12.2 Å². The van der Waals surface area contributed by atoms with Gasteiger partial charge in [-0.2, -0.15) is 0 Å². The number of hydrogen-bond donors (Lipinski definition) is 1. The normalized spacial score (nSPS) is 14.4. The highest BCUT2D eigenvalue weighted by Crippen LogP contribution is 2.35. The van der Waals surface area contributed by atoms with Gasteiger partial charge in [0, 0.05) is 10.9 Å². The number of benzene rings is 1. The Balaban J connectivity index is 1.74. The largest absolute Gasteiger partial charge is 0.353 e. The molecule has 1 aliphatic carbocycles. The van der Waals surface area contributed by atoms with Crippen molar-refractivity contribution in [2.75, 3.05) is 5.75 Å². The molecule has 1 atom stereocenters. The maximum absolute atomic E-state index is 13.7. The van der Waals surface area contributed by atoms with Crippen LogP contribution in [0.5, 0.6) is 0 Å². The SMILES string of the molecule is CCCC(C)NC(=O)CSc1nc2sc3c(c2c(=O)n1-c1ccc(C)cc1)CCCC3. The summed E-state index contributed by atoms with van der Waals surface area (Å²) in [5, 5.41) is 4.39. The lowest BCUT2D eigenvalue weighted by molar-refractivity contribution is -0.119. The number of fused-ring (bicyclic) bond motifs is 3. The molecule has 3 aromatic rings. The molecule has 0 saturated heterocycles. The molecule has 1 N–H and O–H groups in total. The van der Waals surface area contributed by atoms with Crippen LogP contribution in [0.3, 0.4) is 0 Å². The van der Waals surface area contributed by atoms with Crippen LogP contribution in [0.2, 0.25) is 0 Å². The number of aryl methyl sites for hydroxylation is 3. The number of carbonyl (C=O) groups is 1. The molecule has 2 aromatic heterocycles. The number of rotatable bonds is 7. The van der Waals surface area contributed by atoms with Crippen molar-refractivity contribution >= 4 is 39.2 Å².